The fraction of sp³-hybridized carbons (Fsp3) is 0.588. The first-order valence-electron chi connectivity index (χ1n) is 7.93. The minimum Gasteiger partial charge on any atom is -0.382 e. The molecular weight excluding hydrogens is 310 g/mol. The number of rotatable bonds is 10. The van der Waals surface area contributed by atoms with Crippen molar-refractivity contribution in [2.75, 3.05) is 46.3 Å². The summed E-state index contributed by atoms with van der Waals surface area (Å²) in [7, 11) is 1.67. The lowest BCUT2D eigenvalue weighted by Crippen LogP contribution is -2.39. The molecule has 0 aromatic heterocycles. The fourth-order valence-corrected chi connectivity index (χ4v) is 2.67. The molecule has 0 saturated heterocycles. The van der Waals surface area contributed by atoms with Crippen LogP contribution in [0.1, 0.15) is 18.1 Å². The van der Waals surface area contributed by atoms with Crippen molar-refractivity contribution in [2.24, 2.45) is 4.99 Å². The van der Waals surface area contributed by atoms with E-state index in [-0.39, 0.29) is 0 Å². The summed E-state index contributed by atoms with van der Waals surface area (Å²) in [6.07, 6.45) is 2.10. The predicted octanol–water partition coefficient (Wildman–Crippen LogP) is 2.44. The van der Waals surface area contributed by atoms with E-state index in [0.717, 1.165) is 19.0 Å². The van der Waals surface area contributed by atoms with Crippen LogP contribution in [0, 0.1) is 6.92 Å². The van der Waals surface area contributed by atoms with Gasteiger partial charge in [-0.05, 0) is 37.3 Å². The number of hydrogen-bond acceptors (Lipinski definition) is 4. The van der Waals surface area contributed by atoms with E-state index in [0.29, 0.717) is 26.4 Å². The van der Waals surface area contributed by atoms with Crippen LogP contribution in [0.3, 0.4) is 0 Å². The monoisotopic (exact) mass is 339 g/mol. The maximum Gasteiger partial charge on any atom is 0.191 e. The Hall–Kier alpha value is -1.24. The van der Waals surface area contributed by atoms with Crippen molar-refractivity contribution >= 4 is 17.7 Å². The molecule has 0 unspecified atom stereocenters. The van der Waals surface area contributed by atoms with E-state index in [1.54, 1.807) is 18.9 Å². The highest BCUT2D eigenvalue weighted by atomic mass is 32.2. The van der Waals surface area contributed by atoms with E-state index >= 15 is 0 Å². The highest BCUT2D eigenvalue weighted by Crippen LogP contribution is 2.22. The van der Waals surface area contributed by atoms with Crippen LogP contribution in [0.2, 0.25) is 0 Å². The molecule has 130 valence electrons. The van der Waals surface area contributed by atoms with E-state index in [9.17, 15) is 0 Å². The van der Waals surface area contributed by atoms with E-state index in [2.05, 4.69) is 53.9 Å². The summed E-state index contributed by atoms with van der Waals surface area (Å²) in [4.78, 5) is 5.94. The van der Waals surface area contributed by atoms with E-state index in [4.69, 9.17) is 9.47 Å². The molecule has 0 aliphatic rings. The number of nitrogens with zero attached hydrogens (tertiary/aromatic N) is 1. The Morgan fingerprint density at radius 2 is 2.04 bits per heavy atom. The highest BCUT2D eigenvalue weighted by molar-refractivity contribution is 7.98. The summed E-state index contributed by atoms with van der Waals surface area (Å²) < 4.78 is 10.4. The number of nitrogens with one attached hydrogen (secondary N) is 2. The third-order valence-electron chi connectivity index (χ3n) is 3.16. The topological polar surface area (TPSA) is 54.9 Å². The van der Waals surface area contributed by atoms with Crippen LogP contribution in [-0.4, -0.2) is 52.2 Å². The van der Waals surface area contributed by atoms with Crippen molar-refractivity contribution in [1.82, 2.24) is 10.6 Å². The van der Waals surface area contributed by atoms with E-state index in [1.165, 1.54) is 16.0 Å². The Morgan fingerprint density at radius 1 is 1.22 bits per heavy atom. The number of hydrogen-bond donors (Lipinski definition) is 2. The number of ether oxygens (including phenoxy) is 2. The van der Waals surface area contributed by atoms with Gasteiger partial charge in [0.15, 0.2) is 5.96 Å². The average molecular weight is 340 g/mol. The number of guanidine groups is 1. The van der Waals surface area contributed by atoms with Gasteiger partial charge in [0.2, 0.25) is 0 Å². The number of benzene rings is 1. The first-order valence-corrected chi connectivity index (χ1v) is 9.16. The molecule has 0 saturated carbocycles. The van der Waals surface area contributed by atoms with Gasteiger partial charge in [-0.15, -0.1) is 11.8 Å². The summed E-state index contributed by atoms with van der Waals surface area (Å²) in [6.45, 7) is 8.27. The third-order valence-corrected chi connectivity index (χ3v) is 3.98. The molecule has 0 atom stereocenters. The Morgan fingerprint density at radius 3 is 2.74 bits per heavy atom. The zero-order valence-corrected chi connectivity index (χ0v) is 15.5. The molecule has 1 rings (SSSR count). The molecule has 2 N–H and O–H groups in total. The average Bonchev–Trinajstić information content (AvgIpc) is 2.56. The Kier molecular flexibility index (Phi) is 10.5. The van der Waals surface area contributed by atoms with E-state index in [1.807, 2.05) is 0 Å². The van der Waals surface area contributed by atoms with Gasteiger partial charge in [0.05, 0.1) is 26.4 Å². The second-order valence-electron chi connectivity index (χ2n) is 5.04. The first kappa shape index (κ1) is 19.8. The van der Waals surface area contributed by atoms with Crippen molar-refractivity contribution in [3.8, 4) is 0 Å². The molecule has 5 nitrogen and oxygen atoms in total. The van der Waals surface area contributed by atoms with Gasteiger partial charge in [0.1, 0.15) is 0 Å². The molecule has 0 spiro atoms. The third kappa shape index (κ3) is 8.25. The van der Waals surface area contributed by atoms with Crippen molar-refractivity contribution in [2.45, 2.75) is 25.3 Å². The summed E-state index contributed by atoms with van der Waals surface area (Å²) in [5.41, 5.74) is 2.52. The van der Waals surface area contributed by atoms with Gasteiger partial charge in [-0.25, -0.2) is 4.99 Å². The lowest BCUT2D eigenvalue weighted by atomic mass is 10.1. The molecule has 0 amide bonds. The Labute approximate surface area is 144 Å². The summed E-state index contributed by atoms with van der Waals surface area (Å²) >= 11 is 1.76. The smallest absolute Gasteiger partial charge is 0.191 e. The number of methoxy groups -OCH3 is 1. The van der Waals surface area contributed by atoms with Crippen molar-refractivity contribution in [3.63, 3.8) is 0 Å². The standard InChI is InChI=1S/C17H29N3O2S/c1-5-18-17(19-8-9-22-11-10-21-3)20-13-15-7-6-14(2)12-16(15)23-4/h6-7,12H,5,8-11,13H2,1-4H3,(H2,18,19,20). The molecule has 0 radical (unpaired) electrons. The fourth-order valence-electron chi connectivity index (χ4n) is 1.97. The normalized spacial score (nSPS) is 11.6. The van der Waals surface area contributed by atoms with Gasteiger partial charge in [-0.2, -0.15) is 0 Å². The van der Waals surface area contributed by atoms with Crippen LogP contribution in [-0.2, 0) is 16.0 Å². The zero-order valence-electron chi connectivity index (χ0n) is 14.6. The summed E-state index contributed by atoms with van der Waals surface area (Å²) in [6, 6.07) is 6.50. The number of thioether (sulfide) groups is 1. The minimum atomic E-state index is 0.617. The Balaban J connectivity index is 2.51. The summed E-state index contributed by atoms with van der Waals surface area (Å²) in [5.74, 6) is 0.815. The zero-order chi connectivity index (χ0) is 16.9. The van der Waals surface area contributed by atoms with Crippen molar-refractivity contribution in [3.05, 3.63) is 29.3 Å². The van der Waals surface area contributed by atoms with Crippen LogP contribution in [0.15, 0.2) is 28.1 Å². The molecule has 0 bridgehead atoms. The molecule has 23 heavy (non-hydrogen) atoms. The number of aliphatic imine (C=N–C) groups is 1. The maximum atomic E-state index is 5.44. The molecule has 0 heterocycles. The first-order chi connectivity index (χ1) is 11.2. The maximum absolute atomic E-state index is 5.44. The SMILES string of the molecule is CCNC(=NCc1ccc(C)cc1SC)NCCOCCOC. The molecule has 1 aromatic carbocycles. The van der Waals surface area contributed by atoms with Gasteiger partial charge in [-0.3, -0.25) is 0 Å². The predicted molar refractivity (Wildman–Crippen MR) is 98.5 cm³/mol. The molecule has 0 aliphatic carbocycles. The lowest BCUT2D eigenvalue weighted by molar-refractivity contribution is 0.0733. The van der Waals surface area contributed by atoms with Gasteiger partial charge in [0, 0.05) is 25.1 Å². The summed E-state index contributed by atoms with van der Waals surface area (Å²) in [5, 5.41) is 6.54. The second kappa shape index (κ2) is 12.2. The largest absolute Gasteiger partial charge is 0.382 e. The number of aryl methyl sites for hydroxylation is 1. The lowest BCUT2D eigenvalue weighted by Gasteiger charge is -2.12. The van der Waals surface area contributed by atoms with Crippen LogP contribution in [0.5, 0.6) is 0 Å². The van der Waals surface area contributed by atoms with Crippen LogP contribution in [0.4, 0.5) is 0 Å². The minimum absolute atomic E-state index is 0.617. The van der Waals surface area contributed by atoms with Crippen LogP contribution in [0.25, 0.3) is 0 Å². The van der Waals surface area contributed by atoms with Gasteiger partial charge in [0.25, 0.3) is 0 Å². The molecule has 1 aromatic rings. The highest BCUT2D eigenvalue weighted by Gasteiger charge is 2.03. The second-order valence-corrected chi connectivity index (χ2v) is 5.89. The van der Waals surface area contributed by atoms with Gasteiger partial charge in [-0.1, -0.05) is 12.1 Å². The van der Waals surface area contributed by atoms with Gasteiger partial charge >= 0.3 is 0 Å². The molecule has 0 aliphatic heterocycles. The van der Waals surface area contributed by atoms with E-state index < -0.39 is 0 Å². The molecular formula is C17H29N3O2S. The van der Waals surface area contributed by atoms with Crippen LogP contribution >= 0.6 is 11.8 Å². The van der Waals surface area contributed by atoms with Crippen molar-refractivity contribution < 1.29 is 9.47 Å². The van der Waals surface area contributed by atoms with Crippen molar-refractivity contribution in [1.29, 1.82) is 0 Å². The quantitative estimate of drug-likeness (QED) is 0.297. The van der Waals surface area contributed by atoms with Gasteiger partial charge < -0.3 is 20.1 Å². The Bertz CT molecular complexity index is 481. The molecule has 6 heteroatoms. The van der Waals surface area contributed by atoms with Crippen LogP contribution < -0.4 is 10.6 Å². The molecule has 0 fully saturated rings.